The summed E-state index contributed by atoms with van der Waals surface area (Å²) in [4.78, 5) is 21.3. The second kappa shape index (κ2) is 9.85. The van der Waals surface area contributed by atoms with Crippen molar-refractivity contribution in [2.75, 3.05) is 39.0 Å². The number of carbonyl (C=O) groups excluding carboxylic acids is 1. The van der Waals surface area contributed by atoms with Gasteiger partial charge in [0.2, 0.25) is 0 Å². The topological polar surface area (TPSA) is 71.7 Å². The number of rotatable bonds is 5. The maximum Gasteiger partial charge on any atom is 0.253 e. The van der Waals surface area contributed by atoms with Crippen molar-refractivity contribution in [3.05, 3.63) is 77.5 Å². The lowest BCUT2D eigenvalue weighted by Crippen LogP contribution is -2.47. The first-order chi connectivity index (χ1) is 16.2. The van der Waals surface area contributed by atoms with Crippen molar-refractivity contribution in [3.8, 4) is 16.9 Å². The smallest absolute Gasteiger partial charge is 0.253 e. The van der Waals surface area contributed by atoms with E-state index >= 15 is 0 Å². The van der Waals surface area contributed by atoms with Gasteiger partial charge in [-0.1, -0.05) is 57.2 Å². The molecule has 0 aliphatic carbocycles. The molecule has 4 rings (SSSR count). The Kier molecular flexibility index (Phi) is 6.89. The van der Waals surface area contributed by atoms with E-state index < -0.39 is 0 Å². The first-order valence-corrected chi connectivity index (χ1v) is 11.8. The van der Waals surface area contributed by atoms with Crippen molar-refractivity contribution < 1.29 is 9.53 Å². The number of likely N-dealkylation sites (N-methyl/N-ethyl adjacent to an activating group) is 1. The number of nitrogen functional groups attached to an aromatic ring is 1. The minimum absolute atomic E-state index is 0.0802. The van der Waals surface area contributed by atoms with Crippen LogP contribution in [0.15, 0.2) is 60.8 Å². The standard InChI is InChI=1S/C28H34N4O2/c1-28(2,3)24-11-5-20(6-12-24)19-34-25-17-23(18-30-26(25)29)21-7-9-22(10-8-21)27(33)32-15-13-31(4)14-16-32/h5-12,17-18H,13-16,19H2,1-4H3,(H2,29,30). The molecule has 34 heavy (non-hydrogen) atoms. The van der Waals surface area contributed by atoms with Gasteiger partial charge in [0, 0.05) is 43.5 Å². The molecule has 2 heterocycles. The van der Waals surface area contributed by atoms with Crippen molar-refractivity contribution in [3.63, 3.8) is 0 Å². The van der Waals surface area contributed by atoms with E-state index in [1.807, 2.05) is 35.2 Å². The van der Waals surface area contributed by atoms with Crippen LogP contribution in [0.2, 0.25) is 0 Å². The Hall–Kier alpha value is -3.38. The zero-order chi connectivity index (χ0) is 24.3. The quantitative estimate of drug-likeness (QED) is 0.605. The number of amides is 1. The molecule has 0 bridgehead atoms. The van der Waals surface area contributed by atoms with Gasteiger partial charge in [-0.2, -0.15) is 0 Å². The number of pyridine rings is 1. The van der Waals surface area contributed by atoms with Gasteiger partial charge < -0.3 is 20.3 Å². The molecular formula is C28H34N4O2. The molecule has 1 amide bonds. The molecule has 1 fully saturated rings. The first kappa shape index (κ1) is 23.8. The summed E-state index contributed by atoms with van der Waals surface area (Å²) in [5.41, 5.74) is 11.1. The molecule has 0 saturated carbocycles. The van der Waals surface area contributed by atoms with Crippen LogP contribution in [0, 0.1) is 0 Å². The van der Waals surface area contributed by atoms with Crippen LogP contribution < -0.4 is 10.5 Å². The Morgan fingerprint density at radius 2 is 1.62 bits per heavy atom. The fourth-order valence-corrected chi connectivity index (χ4v) is 3.99. The molecule has 0 unspecified atom stereocenters. The third-order valence-electron chi connectivity index (χ3n) is 6.35. The number of carbonyl (C=O) groups is 1. The fourth-order valence-electron chi connectivity index (χ4n) is 3.99. The second-order valence-corrected chi connectivity index (χ2v) is 10.0. The van der Waals surface area contributed by atoms with Crippen LogP contribution in [0.1, 0.15) is 42.3 Å². The molecule has 1 saturated heterocycles. The number of hydrogen-bond acceptors (Lipinski definition) is 5. The van der Waals surface area contributed by atoms with Gasteiger partial charge in [-0.25, -0.2) is 4.98 Å². The summed E-state index contributed by atoms with van der Waals surface area (Å²) in [5, 5.41) is 0. The van der Waals surface area contributed by atoms with E-state index in [0.29, 0.717) is 23.7 Å². The van der Waals surface area contributed by atoms with Crippen molar-refractivity contribution >= 4 is 11.7 Å². The van der Waals surface area contributed by atoms with Crippen LogP contribution in [0.5, 0.6) is 5.75 Å². The molecule has 3 aromatic rings. The average Bonchev–Trinajstić information content (AvgIpc) is 2.83. The molecule has 0 radical (unpaired) electrons. The summed E-state index contributed by atoms with van der Waals surface area (Å²) in [6.07, 6.45) is 1.73. The molecule has 1 aliphatic rings. The molecule has 2 aromatic carbocycles. The van der Waals surface area contributed by atoms with E-state index in [0.717, 1.165) is 42.9 Å². The van der Waals surface area contributed by atoms with Crippen molar-refractivity contribution in [1.29, 1.82) is 0 Å². The van der Waals surface area contributed by atoms with Gasteiger partial charge in [0.15, 0.2) is 11.6 Å². The Morgan fingerprint density at radius 3 is 2.24 bits per heavy atom. The molecule has 1 aromatic heterocycles. The number of aromatic nitrogens is 1. The number of ether oxygens (including phenoxy) is 1. The lowest BCUT2D eigenvalue weighted by Gasteiger charge is -2.32. The van der Waals surface area contributed by atoms with Crippen LogP contribution in [0.4, 0.5) is 5.82 Å². The Bertz CT molecular complexity index is 1130. The van der Waals surface area contributed by atoms with Gasteiger partial charge in [0.1, 0.15) is 6.61 Å². The lowest BCUT2D eigenvalue weighted by atomic mass is 9.87. The molecule has 6 heteroatoms. The Morgan fingerprint density at radius 1 is 0.971 bits per heavy atom. The minimum Gasteiger partial charge on any atom is -0.485 e. The van der Waals surface area contributed by atoms with Crippen LogP contribution in [-0.4, -0.2) is 53.9 Å². The molecule has 0 spiro atoms. The van der Waals surface area contributed by atoms with Crippen LogP contribution in [0.25, 0.3) is 11.1 Å². The van der Waals surface area contributed by atoms with E-state index in [1.165, 1.54) is 5.56 Å². The van der Waals surface area contributed by atoms with E-state index in [2.05, 4.69) is 62.0 Å². The summed E-state index contributed by atoms with van der Waals surface area (Å²) < 4.78 is 6.01. The highest BCUT2D eigenvalue weighted by atomic mass is 16.5. The third kappa shape index (κ3) is 5.57. The van der Waals surface area contributed by atoms with Gasteiger partial charge in [0.05, 0.1) is 0 Å². The highest BCUT2D eigenvalue weighted by molar-refractivity contribution is 5.94. The zero-order valence-corrected chi connectivity index (χ0v) is 20.5. The maximum absolute atomic E-state index is 12.8. The highest BCUT2D eigenvalue weighted by Gasteiger charge is 2.20. The molecule has 2 N–H and O–H groups in total. The second-order valence-electron chi connectivity index (χ2n) is 10.0. The van der Waals surface area contributed by atoms with E-state index in [9.17, 15) is 4.79 Å². The highest BCUT2D eigenvalue weighted by Crippen LogP contribution is 2.29. The maximum atomic E-state index is 12.8. The van der Waals surface area contributed by atoms with Crippen LogP contribution >= 0.6 is 0 Å². The average molecular weight is 459 g/mol. The molecule has 178 valence electrons. The van der Waals surface area contributed by atoms with E-state index in [1.54, 1.807) is 6.20 Å². The molecule has 1 aliphatic heterocycles. The summed E-state index contributed by atoms with van der Waals surface area (Å²) in [6, 6.07) is 18.0. The lowest BCUT2D eigenvalue weighted by molar-refractivity contribution is 0.0664. The van der Waals surface area contributed by atoms with Crippen molar-refractivity contribution in [2.24, 2.45) is 0 Å². The first-order valence-electron chi connectivity index (χ1n) is 11.8. The molecular weight excluding hydrogens is 424 g/mol. The summed E-state index contributed by atoms with van der Waals surface area (Å²) in [6.45, 7) is 10.4. The molecule has 0 atom stereocenters. The summed E-state index contributed by atoms with van der Waals surface area (Å²) >= 11 is 0. The van der Waals surface area contributed by atoms with Crippen LogP contribution in [-0.2, 0) is 12.0 Å². The molecule has 6 nitrogen and oxygen atoms in total. The van der Waals surface area contributed by atoms with Crippen LogP contribution in [0.3, 0.4) is 0 Å². The van der Waals surface area contributed by atoms with Gasteiger partial charge in [-0.3, -0.25) is 4.79 Å². The summed E-state index contributed by atoms with van der Waals surface area (Å²) in [5.74, 6) is 0.989. The Labute approximate surface area is 202 Å². The fraction of sp³-hybridized carbons (Fsp3) is 0.357. The number of benzene rings is 2. The number of nitrogens with zero attached hydrogens (tertiary/aromatic N) is 3. The predicted molar refractivity (Wildman–Crippen MR) is 137 cm³/mol. The normalized spacial score (nSPS) is 14.8. The minimum atomic E-state index is 0.0802. The largest absolute Gasteiger partial charge is 0.485 e. The Balaban J connectivity index is 1.43. The van der Waals surface area contributed by atoms with Crippen molar-refractivity contribution in [1.82, 2.24) is 14.8 Å². The number of piperazine rings is 1. The SMILES string of the molecule is CN1CCN(C(=O)c2ccc(-c3cnc(N)c(OCc4ccc(C(C)(C)C)cc4)c3)cc2)CC1. The van der Waals surface area contributed by atoms with Crippen molar-refractivity contribution in [2.45, 2.75) is 32.8 Å². The summed E-state index contributed by atoms with van der Waals surface area (Å²) in [7, 11) is 2.08. The zero-order valence-electron chi connectivity index (χ0n) is 20.5. The number of anilines is 1. The van der Waals surface area contributed by atoms with Gasteiger partial charge in [0.25, 0.3) is 5.91 Å². The monoisotopic (exact) mass is 458 g/mol. The van der Waals surface area contributed by atoms with Gasteiger partial charge in [-0.05, 0) is 47.4 Å². The third-order valence-corrected chi connectivity index (χ3v) is 6.35. The van der Waals surface area contributed by atoms with Gasteiger partial charge >= 0.3 is 0 Å². The van der Waals surface area contributed by atoms with E-state index in [4.69, 9.17) is 10.5 Å². The predicted octanol–water partition coefficient (Wildman–Crippen LogP) is 4.59. The van der Waals surface area contributed by atoms with E-state index in [-0.39, 0.29) is 11.3 Å². The number of hydrogen-bond donors (Lipinski definition) is 1. The van der Waals surface area contributed by atoms with Gasteiger partial charge in [-0.15, -0.1) is 0 Å². The number of nitrogens with two attached hydrogens (primary N) is 1.